The summed E-state index contributed by atoms with van der Waals surface area (Å²) in [6.45, 7) is 2.64. The molecule has 0 aliphatic carbocycles. The van der Waals surface area contributed by atoms with Crippen molar-refractivity contribution in [3.05, 3.63) is 29.6 Å². The second-order valence-electron chi connectivity index (χ2n) is 3.77. The molecule has 1 rings (SSSR count). The standard InChI is InChI=1S/C13H15FN2O2/c1-3-6-16(9-13(17)18-2)11-5-4-10(8-15)12(14)7-11/h4-5,7H,3,6,9H2,1-2H3. The van der Waals surface area contributed by atoms with Crippen LogP contribution in [0.1, 0.15) is 18.9 Å². The van der Waals surface area contributed by atoms with Crippen molar-refractivity contribution < 1.29 is 13.9 Å². The van der Waals surface area contributed by atoms with Crippen LogP contribution >= 0.6 is 0 Å². The van der Waals surface area contributed by atoms with Crippen molar-refractivity contribution in [1.82, 2.24) is 0 Å². The van der Waals surface area contributed by atoms with Gasteiger partial charge in [-0.05, 0) is 24.6 Å². The lowest BCUT2D eigenvalue weighted by atomic mass is 10.2. The highest BCUT2D eigenvalue weighted by Crippen LogP contribution is 2.18. The molecular weight excluding hydrogens is 235 g/mol. The fourth-order valence-electron chi connectivity index (χ4n) is 1.58. The van der Waals surface area contributed by atoms with E-state index in [4.69, 9.17) is 5.26 Å². The maximum atomic E-state index is 13.5. The van der Waals surface area contributed by atoms with Crippen molar-refractivity contribution in [2.24, 2.45) is 0 Å². The third-order valence-electron chi connectivity index (χ3n) is 2.48. The first-order valence-corrected chi connectivity index (χ1v) is 5.63. The number of methoxy groups -OCH3 is 1. The molecule has 0 saturated carbocycles. The molecule has 0 bridgehead atoms. The molecule has 0 N–H and O–H groups in total. The maximum Gasteiger partial charge on any atom is 0.325 e. The molecule has 0 radical (unpaired) electrons. The van der Waals surface area contributed by atoms with Gasteiger partial charge in [-0.2, -0.15) is 5.26 Å². The molecule has 0 aliphatic heterocycles. The lowest BCUT2D eigenvalue weighted by Gasteiger charge is -2.23. The van der Waals surface area contributed by atoms with Crippen molar-refractivity contribution in [2.45, 2.75) is 13.3 Å². The number of nitrogens with zero attached hydrogens (tertiary/aromatic N) is 2. The smallest absolute Gasteiger partial charge is 0.325 e. The Kier molecular flexibility index (Phi) is 5.12. The molecule has 1 aromatic rings. The maximum absolute atomic E-state index is 13.5. The number of rotatable bonds is 5. The van der Waals surface area contributed by atoms with E-state index in [0.717, 1.165) is 6.42 Å². The molecule has 0 aromatic heterocycles. The molecule has 4 nitrogen and oxygen atoms in total. The Labute approximate surface area is 106 Å². The van der Waals surface area contributed by atoms with Gasteiger partial charge in [0.05, 0.1) is 12.7 Å². The lowest BCUT2D eigenvalue weighted by Crippen LogP contribution is -2.31. The summed E-state index contributed by atoms with van der Waals surface area (Å²) in [6.07, 6.45) is 0.818. The molecule has 0 spiro atoms. The number of hydrogen-bond donors (Lipinski definition) is 0. The van der Waals surface area contributed by atoms with E-state index in [1.54, 1.807) is 17.0 Å². The van der Waals surface area contributed by atoms with Gasteiger partial charge in [0, 0.05) is 12.2 Å². The van der Waals surface area contributed by atoms with Crippen LogP contribution in [0.15, 0.2) is 18.2 Å². The lowest BCUT2D eigenvalue weighted by molar-refractivity contribution is -0.138. The van der Waals surface area contributed by atoms with Gasteiger partial charge in [-0.25, -0.2) is 4.39 Å². The SMILES string of the molecule is CCCN(CC(=O)OC)c1ccc(C#N)c(F)c1. The highest BCUT2D eigenvalue weighted by atomic mass is 19.1. The van der Waals surface area contributed by atoms with Gasteiger partial charge >= 0.3 is 5.97 Å². The second-order valence-corrected chi connectivity index (χ2v) is 3.77. The van der Waals surface area contributed by atoms with Gasteiger partial charge in [0.1, 0.15) is 18.4 Å². The number of ether oxygens (including phenoxy) is 1. The summed E-state index contributed by atoms with van der Waals surface area (Å²) in [6, 6.07) is 6.05. The second kappa shape index (κ2) is 6.60. The molecule has 0 aliphatic rings. The molecule has 18 heavy (non-hydrogen) atoms. The van der Waals surface area contributed by atoms with E-state index in [9.17, 15) is 9.18 Å². The number of carbonyl (C=O) groups excluding carboxylic acids is 1. The Bertz CT molecular complexity index is 469. The van der Waals surface area contributed by atoms with Crippen LogP contribution in [-0.4, -0.2) is 26.2 Å². The van der Waals surface area contributed by atoms with Crippen LogP contribution in [-0.2, 0) is 9.53 Å². The van der Waals surface area contributed by atoms with Gasteiger partial charge in [0.2, 0.25) is 0 Å². The zero-order chi connectivity index (χ0) is 13.5. The fourth-order valence-corrected chi connectivity index (χ4v) is 1.58. The topological polar surface area (TPSA) is 53.3 Å². The van der Waals surface area contributed by atoms with E-state index >= 15 is 0 Å². The molecule has 0 fully saturated rings. The van der Waals surface area contributed by atoms with Crippen molar-refractivity contribution in [2.75, 3.05) is 25.1 Å². The first-order chi connectivity index (χ1) is 8.62. The summed E-state index contributed by atoms with van der Waals surface area (Å²) >= 11 is 0. The normalized spacial score (nSPS) is 9.67. The largest absolute Gasteiger partial charge is 0.468 e. The van der Waals surface area contributed by atoms with Crippen molar-refractivity contribution in [3.8, 4) is 6.07 Å². The highest BCUT2D eigenvalue weighted by molar-refractivity contribution is 5.75. The van der Waals surface area contributed by atoms with Crippen molar-refractivity contribution in [3.63, 3.8) is 0 Å². The van der Waals surface area contributed by atoms with Crippen molar-refractivity contribution in [1.29, 1.82) is 5.26 Å². The van der Waals surface area contributed by atoms with Gasteiger partial charge in [-0.1, -0.05) is 6.92 Å². The molecule has 0 amide bonds. The van der Waals surface area contributed by atoms with Crippen LogP contribution in [0.5, 0.6) is 0 Å². The predicted octanol–water partition coefficient (Wildman–Crippen LogP) is 2.09. The minimum absolute atomic E-state index is 0.00623. The third kappa shape index (κ3) is 3.45. The summed E-state index contributed by atoms with van der Waals surface area (Å²) in [7, 11) is 1.31. The van der Waals surface area contributed by atoms with Crippen LogP contribution in [0, 0.1) is 17.1 Å². The number of hydrogen-bond acceptors (Lipinski definition) is 4. The molecule has 1 aromatic carbocycles. The number of carbonyl (C=O) groups is 1. The van der Waals surface area contributed by atoms with E-state index in [1.807, 2.05) is 6.92 Å². The Hall–Kier alpha value is -2.09. The Balaban J connectivity index is 2.95. The molecule has 0 heterocycles. The van der Waals surface area contributed by atoms with E-state index in [2.05, 4.69) is 4.74 Å². The number of esters is 1. The Morgan fingerprint density at radius 3 is 2.78 bits per heavy atom. The van der Waals surface area contributed by atoms with Gasteiger partial charge in [0.25, 0.3) is 0 Å². The average Bonchev–Trinajstić information content (AvgIpc) is 2.38. The van der Waals surface area contributed by atoms with E-state index in [0.29, 0.717) is 12.2 Å². The third-order valence-corrected chi connectivity index (χ3v) is 2.48. The molecule has 0 atom stereocenters. The zero-order valence-electron chi connectivity index (χ0n) is 10.4. The van der Waals surface area contributed by atoms with Gasteiger partial charge in [0.15, 0.2) is 0 Å². The molecule has 0 unspecified atom stereocenters. The average molecular weight is 250 g/mol. The van der Waals surface area contributed by atoms with Crippen LogP contribution in [0.25, 0.3) is 0 Å². The van der Waals surface area contributed by atoms with Crippen LogP contribution in [0.3, 0.4) is 0 Å². The summed E-state index contributed by atoms with van der Waals surface area (Å²) in [5.41, 5.74) is 0.562. The predicted molar refractivity (Wildman–Crippen MR) is 65.6 cm³/mol. The minimum atomic E-state index is -0.582. The van der Waals surface area contributed by atoms with E-state index in [-0.39, 0.29) is 18.1 Å². The Morgan fingerprint density at radius 2 is 2.28 bits per heavy atom. The van der Waals surface area contributed by atoms with Crippen LogP contribution in [0.2, 0.25) is 0 Å². The zero-order valence-corrected chi connectivity index (χ0v) is 10.4. The quantitative estimate of drug-likeness (QED) is 0.751. The molecule has 5 heteroatoms. The van der Waals surface area contributed by atoms with E-state index in [1.165, 1.54) is 19.2 Å². The van der Waals surface area contributed by atoms with Crippen molar-refractivity contribution >= 4 is 11.7 Å². The Morgan fingerprint density at radius 1 is 1.56 bits per heavy atom. The van der Waals surface area contributed by atoms with Gasteiger partial charge < -0.3 is 9.64 Å². The number of benzene rings is 1. The van der Waals surface area contributed by atoms with Crippen LogP contribution in [0.4, 0.5) is 10.1 Å². The first-order valence-electron chi connectivity index (χ1n) is 5.63. The van der Waals surface area contributed by atoms with E-state index < -0.39 is 5.82 Å². The number of halogens is 1. The fraction of sp³-hybridized carbons (Fsp3) is 0.385. The summed E-state index contributed by atoms with van der Waals surface area (Å²) in [5.74, 6) is -0.964. The summed E-state index contributed by atoms with van der Waals surface area (Å²) in [5, 5.41) is 8.66. The monoisotopic (exact) mass is 250 g/mol. The summed E-state index contributed by atoms with van der Waals surface area (Å²) in [4.78, 5) is 13.0. The van der Waals surface area contributed by atoms with Gasteiger partial charge in [-0.3, -0.25) is 4.79 Å². The highest BCUT2D eigenvalue weighted by Gasteiger charge is 2.13. The van der Waals surface area contributed by atoms with Gasteiger partial charge in [-0.15, -0.1) is 0 Å². The first kappa shape index (κ1) is 14.0. The minimum Gasteiger partial charge on any atom is -0.468 e. The number of anilines is 1. The molecule has 96 valence electrons. The van der Waals surface area contributed by atoms with Crippen LogP contribution < -0.4 is 4.90 Å². The number of nitriles is 1. The molecular formula is C13H15FN2O2. The summed E-state index contributed by atoms with van der Waals surface area (Å²) < 4.78 is 18.1. The molecule has 0 saturated heterocycles.